The predicted octanol–water partition coefficient (Wildman–Crippen LogP) is 2.19. The SMILES string of the molecule is NCC(O)COc1ccc(Cl)c2ccccc12. The van der Waals surface area contributed by atoms with Crippen LogP contribution >= 0.6 is 11.6 Å². The molecule has 0 spiro atoms. The van der Waals surface area contributed by atoms with Gasteiger partial charge in [0.25, 0.3) is 0 Å². The van der Waals surface area contributed by atoms with Crippen LogP contribution in [0.4, 0.5) is 0 Å². The zero-order chi connectivity index (χ0) is 12.3. The van der Waals surface area contributed by atoms with E-state index in [1.807, 2.05) is 24.3 Å². The normalized spacial score (nSPS) is 12.6. The first-order chi connectivity index (χ1) is 8.22. The van der Waals surface area contributed by atoms with E-state index < -0.39 is 6.10 Å². The maximum atomic E-state index is 9.37. The van der Waals surface area contributed by atoms with Crippen LogP contribution in [0, 0.1) is 0 Å². The van der Waals surface area contributed by atoms with Gasteiger partial charge in [0.2, 0.25) is 0 Å². The van der Waals surface area contributed by atoms with Crippen molar-refractivity contribution in [3.8, 4) is 5.75 Å². The summed E-state index contributed by atoms with van der Waals surface area (Å²) >= 11 is 6.09. The van der Waals surface area contributed by atoms with Gasteiger partial charge in [0.15, 0.2) is 0 Å². The van der Waals surface area contributed by atoms with E-state index in [-0.39, 0.29) is 13.2 Å². The Labute approximate surface area is 105 Å². The topological polar surface area (TPSA) is 55.5 Å². The average Bonchev–Trinajstić information content (AvgIpc) is 2.38. The van der Waals surface area contributed by atoms with Crippen LogP contribution in [-0.4, -0.2) is 24.4 Å². The number of nitrogens with two attached hydrogens (primary N) is 1. The molecule has 0 saturated carbocycles. The van der Waals surface area contributed by atoms with Gasteiger partial charge in [-0.15, -0.1) is 0 Å². The Bertz CT molecular complexity index is 516. The number of aliphatic hydroxyl groups excluding tert-OH is 1. The lowest BCUT2D eigenvalue weighted by molar-refractivity contribution is 0.115. The fourth-order valence-corrected chi connectivity index (χ4v) is 1.84. The highest BCUT2D eigenvalue weighted by atomic mass is 35.5. The molecular formula is C13H14ClNO2. The fraction of sp³-hybridized carbons (Fsp3) is 0.231. The second kappa shape index (κ2) is 5.36. The zero-order valence-electron chi connectivity index (χ0n) is 9.27. The summed E-state index contributed by atoms with van der Waals surface area (Å²) in [6, 6.07) is 11.3. The van der Waals surface area contributed by atoms with Gasteiger partial charge in [-0.1, -0.05) is 35.9 Å². The first-order valence-corrected chi connectivity index (χ1v) is 5.78. The molecule has 17 heavy (non-hydrogen) atoms. The van der Waals surface area contributed by atoms with Crippen molar-refractivity contribution < 1.29 is 9.84 Å². The van der Waals surface area contributed by atoms with Crippen molar-refractivity contribution >= 4 is 22.4 Å². The summed E-state index contributed by atoms with van der Waals surface area (Å²) in [6.45, 7) is 0.369. The van der Waals surface area contributed by atoms with Crippen molar-refractivity contribution in [2.75, 3.05) is 13.2 Å². The van der Waals surface area contributed by atoms with Gasteiger partial charge in [0, 0.05) is 22.3 Å². The second-order valence-corrected chi connectivity index (χ2v) is 4.20. The lowest BCUT2D eigenvalue weighted by atomic mass is 10.1. The van der Waals surface area contributed by atoms with E-state index in [1.165, 1.54) is 0 Å². The monoisotopic (exact) mass is 251 g/mol. The Morgan fingerprint density at radius 3 is 2.59 bits per heavy atom. The minimum absolute atomic E-state index is 0.183. The van der Waals surface area contributed by atoms with E-state index in [9.17, 15) is 5.11 Å². The highest BCUT2D eigenvalue weighted by Gasteiger charge is 2.07. The molecule has 0 bridgehead atoms. The van der Waals surface area contributed by atoms with E-state index in [0.29, 0.717) is 10.8 Å². The number of aliphatic hydroxyl groups is 1. The fourth-order valence-electron chi connectivity index (χ4n) is 1.61. The quantitative estimate of drug-likeness (QED) is 0.876. The molecule has 0 aliphatic carbocycles. The molecule has 2 rings (SSSR count). The minimum atomic E-state index is -0.649. The maximum absolute atomic E-state index is 9.37. The van der Waals surface area contributed by atoms with E-state index in [0.717, 1.165) is 10.8 Å². The molecule has 1 unspecified atom stereocenters. The number of hydrogen-bond donors (Lipinski definition) is 2. The van der Waals surface area contributed by atoms with Gasteiger partial charge in [-0.05, 0) is 12.1 Å². The summed E-state index contributed by atoms with van der Waals surface area (Å²) in [5, 5.41) is 11.9. The molecule has 0 aliphatic heterocycles. The average molecular weight is 252 g/mol. The van der Waals surface area contributed by atoms with Crippen LogP contribution in [0.5, 0.6) is 5.75 Å². The van der Waals surface area contributed by atoms with Crippen LogP contribution < -0.4 is 10.5 Å². The van der Waals surface area contributed by atoms with Crippen molar-refractivity contribution in [1.82, 2.24) is 0 Å². The Morgan fingerprint density at radius 2 is 1.88 bits per heavy atom. The van der Waals surface area contributed by atoms with Crippen molar-refractivity contribution in [3.63, 3.8) is 0 Å². The first-order valence-electron chi connectivity index (χ1n) is 5.40. The Morgan fingerprint density at radius 1 is 1.18 bits per heavy atom. The summed E-state index contributed by atoms with van der Waals surface area (Å²) in [4.78, 5) is 0. The molecule has 0 amide bonds. The van der Waals surface area contributed by atoms with Gasteiger partial charge >= 0.3 is 0 Å². The zero-order valence-corrected chi connectivity index (χ0v) is 10.0. The highest BCUT2D eigenvalue weighted by molar-refractivity contribution is 6.35. The van der Waals surface area contributed by atoms with Crippen LogP contribution in [0.15, 0.2) is 36.4 Å². The maximum Gasteiger partial charge on any atom is 0.127 e. The van der Waals surface area contributed by atoms with Crippen LogP contribution in [0.2, 0.25) is 5.02 Å². The molecule has 0 aromatic heterocycles. The van der Waals surface area contributed by atoms with Gasteiger partial charge in [0.1, 0.15) is 18.5 Å². The van der Waals surface area contributed by atoms with Crippen molar-refractivity contribution in [1.29, 1.82) is 0 Å². The molecule has 3 nitrogen and oxygen atoms in total. The van der Waals surface area contributed by atoms with E-state index in [4.69, 9.17) is 22.1 Å². The van der Waals surface area contributed by atoms with Gasteiger partial charge in [-0.25, -0.2) is 0 Å². The van der Waals surface area contributed by atoms with Crippen LogP contribution in [0.3, 0.4) is 0 Å². The molecule has 3 N–H and O–H groups in total. The van der Waals surface area contributed by atoms with E-state index in [1.54, 1.807) is 12.1 Å². The number of ether oxygens (including phenoxy) is 1. The molecule has 2 aromatic rings. The molecule has 90 valence electrons. The van der Waals surface area contributed by atoms with E-state index in [2.05, 4.69) is 0 Å². The van der Waals surface area contributed by atoms with Crippen LogP contribution in [0.25, 0.3) is 10.8 Å². The Kier molecular flexibility index (Phi) is 3.84. The minimum Gasteiger partial charge on any atom is -0.490 e. The van der Waals surface area contributed by atoms with Gasteiger partial charge in [-0.3, -0.25) is 0 Å². The van der Waals surface area contributed by atoms with Crippen LogP contribution in [0.1, 0.15) is 0 Å². The Balaban J connectivity index is 2.32. The van der Waals surface area contributed by atoms with Crippen LogP contribution in [-0.2, 0) is 0 Å². The van der Waals surface area contributed by atoms with Gasteiger partial charge in [0.05, 0.1) is 0 Å². The van der Waals surface area contributed by atoms with Crippen molar-refractivity contribution in [3.05, 3.63) is 41.4 Å². The van der Waals surface area contributed by atoms with Crippen molar-refractivity contribution in [2.24, 2.45) is 5.73 Å². The molecule has 2 aromatic carbocycles. The molecule has 0 heterocycles. The number of halogens is 1. The first kappa shape index (κ1) is 12.2. The molecule has 0 fully saturated rings. The lowest BCUT2D eigenvalue weighted by Gasteiger charge is -2.12. The van der Waals surface area contributed by atoms with Gasteiger partial charge < -0.3 is 15.6 Å². The summed E-state index contributed by atoms with van der Waals surface area (Å²) in [5.74, 6) is 0.706. The molecule has 1 atom stereocenters. The van der Waals surface area contributed by atoms with Gasteiger partial charge in [-0.2, -0.15) is 0 Å². The Hall–Kier alpha value is -1.29. The molecule has 4 heteroatoms. The third kappa shape index (κ3) is 2.69. The number of benzene rings is 2. The smallest absolute Gasteiger partial charge is 0.127 e. The third-order valence-electron chi connectivity index (χ3n) is 2.53. The predicted molar refractivity (Wildman–Crippen MR) is 69.5 cm³/mol. The van der Waals surface area contributed by atoms with Crippen molar-refractivity contribution in [2.45, 2.75) is 6.10 Å². The molecule has 0 aliphatic rings. The summed E-state index contributed by atoms with van der Waals surface area (Å²) < 4.78 is 5.54. The largest absolute Gasteiger partial charge is 0.490 e. The lowest BCUT2D eigenvalue weighted by Crippen LogP contribution is -2.26. The standard InChI is InChI=1S/C13H14ClNO2/c14-12-5-6-13(17-8-9(16)7-15)11-4-2-1-3-10(11)12/h1-6,9,16H,7-8,15H2. The highest BCUT2D eigenvalue weighted by Crippen LogP contribution is 2.31. The molecular weight excluding hydrogens is 238 g/mol. The van der Waals surface area contributed by atoms with E-state index >= 15 is 0 Å². The number of hydrogen-bond acceptors (Lipinski definition) is 3. The second-order valence-electron chi connectivity index (χ2n) is 3.79. The summed E-state index contributed by atoms with van der Waals surface area (Å²) in [7, 11) is 0. The number of fused-ring (bicyclic) bond motifs is 1. The molecule has 0 radical (unpaired) electrons. The summed E-state index contributed by atoms with van der Waals surface area (Å²) in [6.07, 6.45) is -0.649. The number of rotatable bonds is 4. The third-order valence-corrected chi connectivity index (χ3v) is 2.86. The summed E-state index contributed by atoms with van der Waals surface area (Å²) in [5.41, 5.74) is 5.32. The molecule has 0 saturated heterocycles.